The predicted octanol–water partition coefficient (Wildman–Crippen LogP) is 4.26. The second-order valence-corrected chi connectivity index (χ2v) is 7.74. The van der Waals surface area contributed by atoms with E-state index in [4.69, 9.17) is 0 Å². The van der Waals surface area contributed by atoms with Crippen LogP contribution in [0.2, 0.25) is 0 Å². The lowest BCUT2D eigenvalue weighted by Crippen LogP contribution is -2.25. The molecule has 24 heavy (non-hydrogen) atoms. The summed E-state index contributed by atoms with van der Waals surface area (Å²) in [6.07, 6.45) is 2.59. The van der Waals surface area contributed by atoms with E-state index in [1.54, 1.807) is 6.92 Å². The standard InChI is InChI=1S/C17H19Br2N3O2/c1-3-4-5-13-14(11-6-8-12(19)9-7-11)16(24)22-17(20-13)21-15(23)10(2)18/h6-10H,3-5H2,1-2H3,(H2,20,21,22,23,24). The number of aromatic nitrogens is 2. The molecule has 128 valence electrons. The Morgan fingerprint density at radius 2 is 2.00 bits per heavy atom. The number of anilines is 1. The molecule has 1 aromatic carbocycles. The smallest absolute Gasteiger partial charge is 0.260 e. The molecule has 7 heteroatoms. The summed E-state index contributed by atoms with van der Waals surface area (Å²) >= 11 is 6.59. The van der Waals surface area contributed by atoms with Gasteiger partial charge in [-0.25, -0.2) is 4.98 Å². The molecule has 0 saturated carbocycles. The highest BCUT2D eigenvalue weighted by Gasteiger charge is 2.16. The van der Waals surface area contributed by atoms with E-state index in [-0.39, 0.29) is 22.2 Å². The minimum Gasteiger partial charge on any atom is -0.295 e. The van der Waals surface area contributed by atoms with Crippen LogP contribution in [0.15, 0.2) is 33.5 Å². The molecule has 0 aliphatic heterocycles. The third-order valence-corrected chi connectivity index (χ3v) is 4.44. The van der Waals surface area contributed by atoms with Crippen LogP contribution in [0.3, 0.4) is 0 Å². The number of amides is 1. The number of aryl methyl sites for hydroxylation is 1. The molecule has 0 radical (unpaired) electrons. The van der Waals surface area contributed by atoms with Crippen LogP contribution in [0.5, 0.6) is 0 Å². The van der Waals surface area contributed by atoms with E-state index in [9.17, 15) is 9.59 Å². The summed E-state index contributed by atoms with van der Waals surface area (Å²) in [7, 11) is 0. The first-order valence-electron chi connectivity index (χ1n) is 7.76. The number of unbranched alkanes of at least 4 members (excludes halogenated alkanes) is 1. The van der Waals surface area contributed by atoms with Crippen LogP contribution in [-0.2, 0) is 11.2 Å². The Kier molecular flexibility index (Phi) is 6.74. The van der Waals surface area contributed by atoms with E-state index in [1.165, 1.54) is 0 Å². The van der Waals surface area contributed by atoms with Crippen molar-refractivity contribution in [1.29, 1.82) is 0 Å². The second-order valence-electron chi connectivity index (χ2n) is 5.45. The summed E-state index contributed by atoms with van der Waals surface area (Å²) < 4.78 is 0.945. The maximum atomic E-state index is 12.6. The normalized spacial score (nSPS) is 12.0. The van der Waals surface area contributed by atoms with Gasteiger partial charge in [-0.1, -0.05) is 57.3 Å². The monoisotopic (exact) mass is 455 g/mol. The fourth-order valence-corrected chi connectivity index (χ4v) is 2.61. The molecule has 0 bridgehead atoms. The van der Waals surface area contributed by atoms with Crippen LogP contribution < -0.4 is 10.9 Å². The molecule has 0 aliphatic rings. The highest BCUT2D eigenvalue weighted by molar-refractivity contribution is 9.10. The van der Waals surface area contributed by atoms with Gasteiger partial charge in [-0.05, 0) is 37.5 Å². The molecule has 2 rings (SSSR count). The molecule has 5 nitrogen and oxygen atoms in total. The Labute approximate surface area is 157 Å². The van der Waals surface area contributed by atoms with Crippen molar-refractivity contribution in [3.8, 4) is 11.1 Å². The molecule has 0 aliphatic carbocycles. The zero-order valence-corrected chi connectivity index (χ0v) is 16.7. The molecule has 1 atom stereocenters. The number of aromatic amines is 1. The van der Waals surface area contributed by atoms with Gasteiger partial charge in [0.15, 0.2) is 0 Å². The molecule has 0 saturated heterocycles. The van der Waals surface area contributed by atoms with Crippen LogP contribution in [0, 0.1) is 0 Å². The number of hydrogen-bond acceptors (Lipinski definition) is 3. The minimum atomic E-state index is -0.368. The third kappa shape index (κ3) is 4.77. The van der Waals surface area contributed by atoms with Gasteiger partial charge in [0, 0.05) is 4.47 Å². The van der Waals surface area contributed by atoms with E-state index in [0.29, 0.717) is 17.7 Å². The van der Waals surface area contributed by atoms with Crippen molar-refractivity contribution in [1.82, 2.24) is 9.97 Å². The van der Waals surface area contributed by atoms with Gasteiger partial charge >= 0.3 is 0 Å². The number of carbonyl (C=O) groups is 1. The number of nitrogens with zero attached hydrogens (tertiary/aromatic N) is 1. The Morgan fingerprint density at radius 1 is 1.33 bits per heavy atom. The highest BCUT2D eigenvalue weighted by Crippen LogP contribution is 2.23. The lowest BCUT2D eigenvalue weighted by atomic mass is 10.0. The summed E-state index contributed by atoms with van der Waals surface area (Å²) in [5, 5.41) is 2.63. The number of carbonyl (C=O) groups excluding carboxylic acids is 1. The van der Waals surface area contributed by atoms with Crippen LogP contribution in [0.4, 0.5) is 5.95 Å². The summed E-state index contributed by atoms with van der Waals surface area (Å²) in [6.45, 7) is 3.79. The van der Waals surface area contributed by atoms with Crippen LogP contribution in [0.1, 0.15) is 32.4 Å². The van der Waals surface area contributed by atoms with E-state index < -0.39 is 0 Å². The number of rotatable bonds is 6. The van der Waals surface area contributed by atoms with Crippen LogP contribution in [-0.4, -0.2) is 20.7 Å². The molecular formula is C17H19Br2N3O2. The van der Waals surface area contributed by atoms with E-state index in [0.717, 1.165) is 22.9 Å². The average Bonchev–Trinajstić information content (AvgIpc) is 2.53. The minimum absolute atomic E-state index is 0.184. The number of halogens is 2. The van der Waals surface area contributed by atoms with Gasteiger partial charge in [-0.3, -0.25) is 19.9 Å². The SMILES string of the molecule is CCCCc1nc(NC(=O)C(C)Br)[nH]c(=O)c1-c1ccc(Br)cc1. The summed E-state index contributed by atoms with van der Waals surface area (Å²) in [5.41, 5.74) is 1.81. The Bertz CT molecular complexity index is 770. The lowest BCUT2D eigenvalue weighted by Gasteiger charge is -2.12. The Balaban J connectivity index is 2.47. The van der Waals surface area contributed by atoms with Crippen molar-refractivity contribution in [2.75, 3.05) is 5.32 Å². The lowest BCUT2D eigenvalue weighted by molar-refractivity contribution is -0.115. The van der Waals surface area contributed by atoms with Gasteiger partial charge in [0.1, 0.15) is 0 Å². The molecule has 2 N–H and O–H groups in total. The molecule has 1 heterocycles. The summed E-state index contributed by atoms with van der Waals surface area (Å²) in [6, 6.07) is 7.54. The average molecular weight is 457 g/mol. The Hall–Kier alpha value is -1.47. The van der Waals surface area contributed by atoms with Gasteiger partial charge in [-0.15, -0.1) is 0 Å². The third-order valence-electron chi connectivity index (χ3n) is 3.50. The zero-order chi connectivity index (χ0) is 17.7. The van der Waals surface area contributed by atoms with Crippen molar-refractivity contribution in [2.24, 2.45) is 0 Å². The van der Waals surface area contributed by atoms with Crippen molar-refractivity contribution < 1.29 is 4.79 Å². The van der Waals surface area contributed by atoms with Crippen LogP contribution in [0.25, 0.3) is 11.1 Å². The number of nitrogens with one attached hydrogen (secondary N) is 2. The maximum Gasteiger partial charge on any atom is 0.260 e. The fraction of sp³-hybridized carbons (Fsp3) is 0.353. The van der Waals surface area contributed by atoms with Gasteiger partial charge in [0.05, 0.1) is 16.1 Å². The maximum absolute atomic E-state index is 12.6. The van der Waals surface area contributed by atoms with Crippen molar-refractivity contribution in [3.63, 3.8) is 0 Å². The molecular weight excluding hydrogens is 438 g/mol. The molecule has 0 spiro atoms. The summed E-state index contributed by atoms with van der Waals surface area (Å²) in [5.74, 6) is -0.0701. The van der Waals surface area contributed by atoms with E-state index >= 15 is 0 Å². The largest absolute Gasteiger partial charge is 0.295 e. The van der Waals surface area contributed by atoms with Crippen molar-refractivity contribution in [3.05, 3.63) is 44.8 Å². The molecule has 1 amide bonds. The van der Waals surface area contributed by atoms with Crippen molar-refractivity contribution >= 4 is 43.7 Å². The first-order valence-corrected chi connectivity index (χ1v) is 9.47. The molecule has 1 unspecified atom stereocenters. The van der Waals surface area contributed by atoms with Gasteiger partial charge in [0.25, 0.3) is 5.56 Å². The first-order chi connectivity index (χ1) is 11.4. The zero-order valence-electron chi connectivity index (χ0n) is 13.5. The van der Waals surface area contributed by atoms with E-state index in [2.05, 4.69) is 54.1 Å². The van der Waals surface area contributed by atoms with Gasteiger partial charge < -0.3 is 0 Å². The second kappa shape index (κ2) is 8.58. The fourth-order valence-electron chi connectivity index (χ4n) is 2.23. The number of benzene rings is 1. The highest BCUT2D eigenvalue weighted by atomic mass is 79.9. The quantitative estimate of drug-likeness (QED) is 0.637. The number of H-pyrrole nitrogens is 1. The van der Waals surface area contributed by atoms with Gasteiger partial charge in [0.2, 0.25) is 11.9 Å². The van der Waals surface area contributed by atoms with Crippen molar-refractivity contribution in [2.45, 2.75) is 37.9 Å². The number of hydrogen-bond donors (Lipinski definition) is 2. The predicted molar refractivity (Wildman–Crippen MR) is 104 cm³/mol. The van der Waals surface area contributed by atoms with Crippen LogP contribution >= 0.6 is 31.9 Å². The molecule has 2 aromatic rings. The summed E-state index contributed by atoms with van der Waals surface area (Å²) in [4.78, 5) is 31.2. The number of alkyl halides is 1. The van der Waals surface area contributed by atoms with E-state index in [1.807, 2.05) is 24.3 Å². The Morgan fingerprint density at radius 3 is 2.58 bits per heavy atom. The first kappa shape index (κ1) is 18.9. The topological polar surface area (TPSA) is 74.8 Å². The molecule has 1 aromatic heterocycles. The molecule has 0 fully saturated rings. The van der Waals surface area contributed by atoms with Gasteiger partial charge in [-0.2, -0.15) is 0 Å².